The Morgan fingerprint density at radius 3 is 2.20 bits per heavy atom. The van der Waals surface area contributed by atoms with Crippen molar-refractivity contribution in [3.63, 3.8) is 0 Å². The molecule has 0 aromatic heterocycles. The molecule has 0 aliphatic heterocycles. The Morgan fingerprint density at radius 2 is 1.60 bits per heavy atom. The fourth-order valence-electron chi connectivity index (χ4n) is 2.85. The van der Waals surface area contributed by atoms with E-state index >= 15 is 0 Å². The van der Waals surface area contributed by atoms with E-state index < -0.39 is 0 Å². The molecular weight excluding hydrogens is 242 g/mol. The molecule has 1 atom stereocenters. The van der Waals surface area contributed by atoms with Crippen molar-refractivity contribution in [1.29, 1.82) is 0 Å². The number of benzene rings is 1. The first-order valence-electron chi connectivity index (χ1n) is 8.51. The lowest BCUT2D eigenvalue weighted by Crippen LogP contribution is -2.16. The highest BCUT2D eigenvalue weighted by molar-refractivity contribution is 5.24. The molecule has 1 heteroatoms. The van der Waals surface area contributed by atoms with Crippen molar-refractivity contribution in [2.24, 2.45) is 0 Å². The minimum absolute atomic E-state index is 0.523. The monoisotopic (exact) mass is 275 g/mol. The van der Waals surface area contributed by atoms with Crippen LogP contribution in [0.25, 0.3) is 0 Å². The molecule has 0 amide bonds. The average molecular weight is 275 g/mol. The summed E-state index contributed by atoms with van der Waals surface area (Å²) in [5.41, 5.74) is 2.80. The summed E-state index contributed by atoms with van der Waals surface area (Å²) in [7, 11) is 2.08. The molecule has 20 heavy (non-hydrogen) atoms. The largest absolute Gasteiger partial charge is 0.313 e. The molecule has 0 radical (unpaired) electrons. The summed E-state index contributed by atoms with van der Waals surface area (Å²) in [6, 6.07) is 9.43. The Bertz CT molecular complexity index is 345. The van der Waals surface area contributed by atoms with Gasteiger partial charge in [0.05, 0.1) is 0 Å². The SMILES string of the molecule is CCCCCCCCCCC(NC)c1cccc(C)c1. The molecule has 0 aliphatic rings. The standard InChI is InChI=1S/C19H33N/c1-4-5-6-7-8-9-10-11-15-19(20-3)18-14-12-13-17(2)16-18/h12-14,16,19-20H,4-11,15H2,1-3H3. The highest BCUT2D eigenvalue weighted by atomic mass is 14.9. The zero-order chi connectivity index (χ0) is 14.6. The van der Waals surface area contributed by atoms with E-state index in [1.807, 2.05) is 0 Å². The summed E-state index contributed by atoms with van der Waals surface area (Å²) in [6.45, 7) is 4.45. The summed E-state index contributed by atoms with van der Waals surface area (Å²) >= 11 is 0. The van der Waals surface area contributed by atoms with Crippen molar-refractivity contribution < 1.29 is 0 Å². The molecule has 1 N–H and O–H groups in total. The summed E-state index contributed by atoms with van der Waals surface area (Å²) in [4.78, 5) is 0. The van der Waals surface area contributed by atoms with Crippen LogP contribution in [0.4, 0.5) is 0 Å². The minimum atomic E-state index is 0.523. The lowest BCUT2D eigenvalue weighted by Gasteiger charge is -2.17. The van der Waals surface area contributed by atoms with Gasteiger partial charge in [0.2, 0.25) is 0 Å². The van der Waals surface area contributed by atoms with Crippen LogP contribution in [0.1, 0.15) is 81.9 Å². The maximum absolute atomic E-state index is 3.46. The smallest absolute Gasteiger partial charge is 0.0317 e. The van der Waals surface area contributed by atoms with Gasteiger partial charge in [0.25, 0.3) is 0 Å². The molecule has 1 aromatic rings. The molecule has 0 saturated carbocycles. The Hall–Kier alpha value is -0.820. The first kappa shape index (κ1) is 17.2. The molecule has 114 valence electrons. The zero-order valence-electron chi connectivity index (χ0n) is 13.8. The van der Waals surface area contributed by atoms with Gasteiger partial charge < -0.3 is 5.32 Å². The molecular formula is C19H33N. The van der Waals surface area contributed by atoms with E-state index in [1.165, 1.54) is 68.9 Å². The average Bonchev–Trinajstić information content (AvgIpc) is 2.46. The summed E-state index contributed by atoms with van der Waals surface area (Å²) < 4.78 is 0. The van der Waals surface area contributed by atoms with E-state index in [-0.39, 0.29) is 0 Å². The van der Waals surface area contributed by atoms with Crippen LogP contribution in [0, 0.1) is 6.92 Å². The van der Waals surface area contributed by atoms with Crippen LogP contribution in [0.5, 0.6) is 0 Å². The minimum Gasteiger partial charge on any atom is -0.313 e. The molecule has 1 rings (SSSR count). The van der Waals surface area contributed by atoms with Crippen molar-refractivity contribution in [2.45, 2.75) is 77.7 Å². The van der Waals surface area contributed by atoms with Gasteiger partial charge in [0.15, 0.2) is 0 Å². The third-order valence-corrected chi connectivity index (χ3v) is 4.14. The van der Waals surface area contributed by atoms with Crippen molar-refractivity contribution >= 4 is 0 Å². The van der Waals surface area contributed by atoms with E-state index in [0.29, 0.717) is 6.04 Å². The van der Waals surface area contributed by atoms with Crippen LogP contribution < -0.4 is 5.32 Å². The third-order valence-electron chi connectivity index (χ3n) is 4.14. The lowest BCUT2D eigenvalue weighted by atomic mass is 9.98. The summed E-state index contributed by atoms with van der Waals surface area (Å²) in [5, 5.41) is 3.46. The molecule has 1 aromatic carbocycles. The number of hydrogen-bond acceptors (Lipinski definition) is 1. The van der Waals surface area contributed by atoms with Gasteiger partial charge in [-0.05, 0) is 26.0 Å². The van der Waals surface area contributed by atoms with Gasteiger partial charge in [-0.2, -0.15) is 0 Å². The van der Waals surface area contributed by atoms with E-state index in [4.69, 9.17) is 0 Å². The second-order valence-electron chi connectivity index (χ2n) is 6.02. The van der Waals surface area contributed by atoms with Crippen molar-refractivity contribution in [3.05, 3.63) is 35.4 Å². The molecule has 0 saturated heterocycles. The van der Waals surface area contributed by atoms with Crippen LogP contribution >= 0.6 is 0 Å². The summed E-state index contributed by atoms with van der Waals surface area (Å²) in [6.07, 6.45) is 12.4. The van der Waals surface area contributed by atoms with Crippen LogP contribution in [0.3, 0.4) is 0 Å². The molecule has 1 unspecified atom stereocenters. The van der Waals surface area contributed by atoms with Gasteiger partial charge in [0.1, 0.15) is 0 Å². The van der Waals surface area contributed by atoms with Crippen molar-refractivity contribution in [3.8, 4) is 0 Å². The van der Waals surface area contributed by atoms with Gasteiger partial charge in [-0.3, -0.25) is 0 Å². The number of nitrogens with one attached hydrogen (secondary N) is 1. The normalized spacial score (nSPS) is 12.6. The molecule has 1 nitrogen and oxygen atoms in total. The van der Waals surface area contributed by atoms with E-state index in [2.05, 4.69) is 50.5 Å². The van der Waals surface area contributed by atoms with Crippen LogP contribution in [-0.2, 0) is 0 Å². The number of hydrogen-bond donors (Lipinski definition) is 1. The van der Waals surface area contributed by atoms with E-state index in [9.17, 15) is 0 Å². The third kappa shape index (κ3) is 7.09. The Morgan fingerprint density at radius 1 is 0.950 bits per heavy atom. The molecule has 0 spiro atoms. The highest BCUT2D eigenvalue weighted by Crippen LogP contribution is 2.21. The van der Waals surface area contributed by atoms with Crippen LogP contribution in [-0.4, -0.2) is 7.05 Å². The van der Waals surface area contributed by atoms with E-state index in [0.717, 1.165) is 0 Å². The first-order chi connectivity index (χ1) is 9.77. The molecule has 0 fully saturated rings. The van der Waals surface area contributed by atoms with Gasteiger partial charge >= 0.3 is 0 Å². The van der Waals surface area contributed by atoms with Crippen LogP contribution in [0.15, 0.2) is 24.3 Å². The number of aryl methyl sites for hydroxylation is 1. The lowest BCUT2D eigenvalue weighted by molar-refractivity contribution is 0.494. The van der Waals surface area contributed by atoms with Crippen molar-refractivity contribution in [2.75, 3.05) is 7.05 Å². The molecule has 0 aliphatic carbocycles. The van der Waals surface area contributed by atoms with Crippen LogP contribution in [0.2, 0.25) is 0 Å². The Labute approximate surface area is 126 Å². The fourth-order valence-corrected chi connectivity index (χ4v) is 2.85. The zero-order valence-corrected chi connectivity index (χ0v) is 13.8. The quantitative estimate of drug-likeness (QED) is 0.504. The van der Waals surface area contributed by atoms with Gasteiger partial charge in [-0.25, -0.2) is 0 Å². The Kier molecular flexibility index (Phi) is 9.40. The highest BCUT2D eigenvalue weighted by Gasteiger charge is 2.08. The Balaban J connectivity index is 2.16. The second-order valence-corrected chi connectivity index (χ2v) is 6.02. The predicted octanol–water partition coefficient (Wildman–Crippen LogP) is 5.79. The fraction of sp³-hybridized carbons (Fsp3) is 0.684. The molecule has 0 bridgehead atoms. The number of unbranched alkanes of at least 4 members (excludes halogenated alkanes) is 7. The maximum Gasteiger partial charge on any atom is 0.0317 e. The van der Waals surface area contributed by atoms with Gasteiger partial charge in [0, 0.05) is 6.04 Å². The van der Waals surface area contributed by atoms with Gasteiger partial charge in [-0.15, -0.1) is 0 Å². The molecule has 0 heterocycles. The second kappa shape index (κ2) is 10.9. The topological polar surface area (TPSA) is 12.0 Å². The summed E-state index contributed by atoms with van der Waals surface area (Å²) in [5.74, 6) is 0. The maximum atomic E-state index is 3.46. The number of rotatable bonds is 11. The van der Waals surface area contributed by atoms with E-state index in [1.54, 1.807) is 0 Å². The first-order valence-corrected chi connectivity index (χ1v) is 8.51. The van der Waals surface area contributed by atoms with Gasteiger partial charge in [-0.1, -0.05) is 88.1 Å². The predicted molar refractivity (Wildman–Crippen MR) is 90.2 cm³/mol. The van der Waals surface area contributed by atoms with Crippen molar-refractivity contribution in [1.82, 2.24) is 5.32 Å².